The monoisotopic (exact) mass is 1210 g/mol. The predicted molar refractivity (Wildman–Crippen MR) is 399 cm³/mol. The van der Waals surface area contributed by atoms with Crippen LogP contribution in [0.5, 0.6) is 0 Å². The molecule has 95 heavy (non-hydrogen) atoms. The van der Waals surface area contributed by atoms with E-state index in [2.05, 4.69) is 365 Å². The van der Waals surface area contributed by atoms with Crippen LogP contribution >= 0.6 is 0 Å². The van der Waals surface area contributed by atoms with Crippen LogP contribution in [0.15, 0.2) is 328 Å². The van der Waals surface area contributed by atoms with Gasteiger partial charge in [0, 0.05) is 44.4 Å². The van der Waals surface area contributed by atoms with E-state index >= 15 is 0 Å². The van der Waals surface area contributed by atoms with Crippen LogP contribution in [-0.2, 0) is 16.2 Å². The summed E-state index contributed by atoms with van der Waals surface area (Å²) in [6.07, 6.45) is 0. The summed E-state index contributed by atoms with van der Waals surface area (Å²) in [6, 6.07) is 124. The Bertz CT molecular complexity index is 5360. The van der Waals surface area contributed by atoms with Crippen molar-refractivity contribution in [2.24, 2.45) is 0 Å². The minimum Gasteiger partial charge on any atom is -0.310 e. The molecule has 4 aliphatic rings. The van der Waals surface area contributed by atoms with Crippen molar-refractivity contribution in [1.29, 1.82) is 0 Å². The number of hydrogen-bond acceptors (Lipinski definition) is 2. The van der Waals surface area contributed by atoms with E-state index in [-0.39, 0.29) is 10.8 Å². The molecule has 0 aromatic heterocycles. The van der Waals surface area contributed by atoms with Crippen molar-refractivity contribution < 1.29 is 0 Å². The van der Waals surface area contributed by atoms with Gasteiger partial charge in [-0.2, -0.15) is 0 Å². The zero-order valence-corrected chi connectivity index (χ0v) is 53.6. The van der Waals surface area contributed by atoms with Gasteiger partial charge >= 0.3 is 0 Å². The zero-order valence-electron chi connectivity index (χ0n) is 53.6. The summed E-state index contributed by atoms with van der Waals surface area (Å²) in [6.45, 7) is 9.66. The van der Waals surface area contributed by atoms with Gasteiger partial charge in [0.2, 0.25) is 0 Å². The number of nitrogens with zero attached hydrogens (tertiary/aromatic N) is 2. The van der Waals surface area contributed by atoms with Gasteiger partial charge in [-0.15, -0.1) is 0 Å². The molecule has 0 heterocycles. The lowest BCUT2D eigenvalue weighted by Gasteiger charge is -2.33. The molecule has 15 aromatic carbocycles. The van der Waals surface area contributed by atoms with Gasteiger partial charge in [0.15, 0.2) is 0 Å². The maximum atomic E-state index is 2.59. The molecule has 0 atom stereocenters. The van der Waals surface area contributed by atoms with Crippen LogP contribution < -0.4 is 9.80 Å². The molecule has 19 rings (SSSR count). The van der Waals surface area contributed by atoms with E-state index in [1.165, 1.54) is 138 Å². The third kappa shape index (κ3) is 7.92. The molecule has 0 radical (unpaired) electrons. The number of anilines is 6. The lowest BCUT2D eigenvalue weighted by atomic mass is 9.70. The van der Waals surface area contributed by atoms with E-state index in [4.69, 9.17) is 0 Å². The smallest absolute Gasteiger partial charge is 0.0725 e. The normalized spacial score (nSPS) is 14.1. The summed E-state index contributed by atoms with van der Waals surface area (Å²) in [5.41, 5.74) is 33.4. The second kappa shape index (κ2) is 20.7. The van der Waals surface area contributed by atoms with Crippen LogP contribution in [-0.4, -0.2) is 0 Å². The molecule has 0 amide bonds. The molecule has 0 saturated heterocycles. The van der Waals surface area contributed by atoms with E-state index < -0.39 is 5.41 Å². The summed E-state index contributed by atoms with van der Waals surface area (Å²) < 4.78 is 0. The average Bonchev–Trinajstić information content (AvgIpc) is 1.51. The Hall–Kier alpha value is -11.6. The minimum absolute atomic E-state index is 0.281. The quantitative estimate of drug-likeness (QED) is 0.142. The molecule has 0 unspecified atom stereocenters. The van der Waals surface area contributed by atoms with E-state index in [0.29, 0.717) is 0 Å². The number of hydrogen-bond donors (Lipinski definition) is 0. The van der Waals surface area contributed by atoms with E-state index in [1.807, 2.05) is 0 Å². The maximum absolute atomic E-state index is 2.59. The molecule has 0 bridgehead atoms. The first kappa shape index (κ1) is 55.1. The highest BCUT2D eigenvalue weighted by Crippen LogP contribution is 2.65. The van der Waals surface area contributed by atoms with Gasteiger partial charge < -0.3 is 9.80 Å². The Morgan fingerprint density at radius 2 is 0.526 bits per heavy atom. The van der Waals surface area contributed by atoms with Crippen molar-refractivity contribution in [3.05, 3.63) is 372 Å². The van der Waals surface area contributed by atoms with E-state index in [1.54, 1.807) is 0 Å². The van der Waals surface area contributed by atoms with Crippen LogP contribution in [0.25, 0.3) is 99.4 Å². The molecule has 0 aliphatic heterocycles. The van der Waals surface area contributed by atoms with Gasteiger partial charge in [0.25, 0.3) is 0 Å². The molecular formula is C93H66N2. The van der Waals surface area contributed by atoms with Crippen LogP contribution in [0.4, 0.5) is 34.1 Å². The van der Waals surface area contributed by atoms with E-state index in [9.17, 15) is 0 Å². The zero-order chi connectivity index (χ0) is 63.3. The van der Waals surface area contributed by atoms with Crippen molar-refractivity contribution in [1.82, 2.24) is 0 Å². The molecule has 448 valence electrons. The van der Waals surface area contributed by atoms with Gasteiger partial charge in [-0.1, -0.05) is 301 Å². The Morgan fingerprint density at radius 1 is 0.200 bits per heavy atom. The van der Waals surface area contributed by atoms with Crippen LogP contribution in [0.2, 0.25) is 0 Å². The fraction of sp³-hybridized carbons (Fsp3) is 0.0753. The molecule has 2 nitrogen and oxygen atoms in total. The Balaban J connectivity index is 0.939. The summed E-state index contributed by atoms with van der Waals surface area (Å²) in [5.74, 6) is 0. The first-order chi connectivity index (χ1) is 46.7. The second-order valence-electron chi connectivity index (χ2n) is 27.4. The standard InChI is InChI=1S/C93H66N2/c1-91(2)78-40-20-17-36-75(78)89-73-34-13-11-32-71(73)86(57-84(89)91)94(64-50-46-61(47-51-64)59-26-7-5-8-27-59)66-54-63(68-39-25-45-83-88(68)77-38-19-24-44-82(77)93(83)80-42-22-15-30-69(80)70-31-16-23-43-81(70)93)55-67(56-66)95(65-52-48-62(49-53-65)60-28-9-6-10-29-60)87-58-85-90(74-35-14-12-33-72(74)87)76-37-18-21-41-79(76)92(85,3)4/h5-58H,1-4H3. The van der Waals surface area contributed by atoms with Crippen LogP contribution in [0.3, 0.4) is 0 Å². The van der Waals surface area contributed by atoms with Gasteiger partial charge in [0.05, 0.1) is 16.8 Å². The number of fused-ring (bicyclic) bond motifs is 20. The Labute approximate surface area is 556 Å². The fourth-order valence-electron chi connectivity index (χ4n) is 17.5. The topological polar surface area (TPSA) is 6.48 Å². The van der Waals surface area contributed by atoms with Gasteiger partial charge in [-0.25, -0.2) is 0 Å². The fourth-order valence-corrected chi connectivity index (χ4v) is 17.5. The highest BCUT2D eigenvalue weighted by atomic mass is 15.2. The van der Waals surface area contributed by atoms with Crippen LogP contribution in [0.1, 0.15) is 72.2 Å². The molecule has 4 aliphatic carbocycles. The highest BCUT2D eigenvalue weighted by Gasteiger charge is 2.52. The third-order valence-corrected chi connectivity index (χ3v) is 21.8. The second-order valence-corrected chi connectivity index (χ2v) is 27.4. The summed E-state index contributed by atoms with van der Waals surface area (Å²) in [7, 11) is 0. The molecular weight excluding hydrogens is 1150 g/mol. The first-order valence-corrected chi connectivity index (χ1v) is 33.5. The van der Waals surface area contributed by atoms with Crippen molar-refractivity contribution in [2.45, 2.75) is 43.9 Å². The molecule has 2 heteroatoms. The largest absolute Gasteiger partial charge is 0.310 e. The van der Waals surface area contributed by atoms with Crippen molar-refractivity contribution >= 4 is 55.7 Å². The SMILES string of the molecule is CC1(C)c2ccccc2-c2c1cc(N(c1ccc(-c3ccccc3)cc1)c1cc(-c3cccc4c3-c3ccccc3C43c4ccccc4-c4ccccc43)cc(N(c3ccc(-c4ccccc4)cc3)c3cc4c(c5ccccc35)-c3ccccc3C4(C)C)c1)c1ccccc21. The van der Waals surface area contributed by atoms with Gasteiger partial charge in [-0.3, -0.25) is 0 Å². The lowest BCUT2D eigenvalue weighted by Crippen LogP contribution is -2.25. The summed E-state index contributed by atoms with van der Waals surface area (Å²) in [5, 5.41) is 4.86. The maximum Gasteiger partial charge on any atom is 0.0725 e. The predicted octanol–water partition coefficient (Wildman–Crippen LogP) is 24.9. The number of benzene rings is 15. The minimum atomic E-state index is -0.532. The Morgan fingerprint density at radius 3 is 0.968 bits per heavy atom. The summed E-state index contributed by atoms with van der Waals surface area (Å²) in [4.78, 5) is 5.17. The molecule has 1 spiro atoms. The first-order valence-electron chi connectivity index (χ1n) is 33.5. The van der Waals surface area contributed by atoms with Gasteiger partial charge in [0.1, 0.15) is 0 Å². The highest BCUT2D eigenvalue weighted by molar-refractivity contribution is 6.13. The van der Waals surface area contributed by atoms with Crippen molar-refractivity contribution in [3.8, 4) is 77.9 Å². The molecule has 0 fully saturated rings. The van der Waals surface area contributed by atoms with Gasteiger partial charge in [-0.05, 0) is 188 Å². The third-order valence-electron chi connectivity index (χ3n) is 21.8. The lowest BCUT2D eigenvalue weighted by molar-refractivity contribution is 0.661. The summed E-state index contributed by atoms with van der Waals surface area (Å²) >= 11 is 0. The number of rotatable bonds is 9. The van der Waals surface area contributed by atoms with Crippen LogP contribution in [0, 0.1) is 0 Å². The Kier molecular flexibility index (Phi) is 12.0. The molecule has 0 N–H and O–H groups in total. The molecule has 15 aromatic rings. The average molecular weight is 1210 g/mol. The van der Waals surface area contributed by atoms with E-state index in [0.717, 1.165) is 39.7 Å². The van der Waals surface area contributed by atoms with Crippen molar-refractivity contribution in [2.75, 3.05) is 9.80 Å². The molecule has 0 saturated carbocycles. The van der Waals surface area contributed by atoms with Crippen molar-refractivity contribution in [3.63, 3.8) is 0 Å².